The predicted octanol–water partition coefficient (Wildman–Crippen LogP) is 3.42. The Balaban J connectivity index is 2.22. The average molecular weight is 562 g/mol. The van der Waals surface area contributed by atoms with Gasteiger partial charge in [-0.1, -0.05) is 36.4 Å². The molecule has 2 aromatic carbocycles. The average Bonchev–Trinajstić information content (AvgIpc) is 2.57. The molecule has 132 valence electrons. The number of benzene rings is 2. The Morgan fingerprint density at radius 1 is 0.760 bits per heavy atom. The van der Waals surface area contributed by atoms with Gasteiger partial charge < -0.3 is 11.5 Å². The van der Waals surface area contributed by atoms with Crippen LogP contribution in [0, 0.1) is 12.6 Å². The number of rotatable bonds is 8. The standard InChI is InChI=1S/C19H20I2N2O2/c20-15-7-3-1-5-13(15)9-11-19(17(22)24,18(23)25)12-10-14-6-2-4-8-16(14)21/h1-8H,9-12H2,(H2,22,24)(H2,23,25). The van der Waals surface area contributed by atoms with E-state index in [0.29, 0.717) is 25.7 Å². The molecule has 0 heterocycles. The molecule has 2 amide bonds. The van der Waals surface area contributed by atoms with Gasteiger partial charge in [-0.3, -0.25) is 9.59 Å². The fourth-order valence-corrected chi connectivity index (χ4v) is 4.15. The zero-order valence-electron chi connectivity index (χ0n) is 13.7. The number of carbonyl (C=O) groups is 2. The van der Waals surface area contributed by atoms with Crippen molar-refractivity contribution < 1.29 is 9.59 Å². The van der Waals surface area contributed by atoms with Gasteiger partial charge in [0.05, 0.1) is 0 Å². The van der Waals surface area contributed by atoms with Crippen LogP contribution in [0.5, 0.6) is 0 Å². The summed E-state index contributed by atoms with van der Waals surface area (Å²) in [6.07, 6.45) is 1.80. The van der Waals surface area contributed by atoms with E-state index in [1.807, 2.05) is 48.5 Å². The number of carbonyl (C=O) groups excluding carboxylic acids is 2. The topological polar surface area (TPSA) is 86.2 Å². The van der Waals surface area contributed by atoms with Crippen LogP contribution in [0.4, 0.5) is 0 Å². The van der Waals surface area contributed by atoms with E-state index in [0.717, 1.165) is 18.3 Å². The number of hydrogen-bond donors (Lipinski definition) is 2. The maximum absolute atomic E-state index is 12.2. The van der Waals surface area contributed by atoms with Gasteiger partial charge in [-0.15, -0.1) is 0 Å². The quantitative estimate of drug-likeness (QED) is 0.382. The third-order valence-electron chi connectivity index (χ3n) is 4.50. The summed E-state index contributed by atoms with van der Waals surface area (Å²) in [7, 11) is 0. The number of amides is 2. The van der Waals surface area contributed by atoms with Crippen molar-refractivity contribution in [1.29, 1.82) is 0 Å². The zero-order chi connectivity index (χ0) is 18.4. The molecule has 4 nitrogen and oxygen atoms in total. The third-order valence-corrected chi connectivity index (χ3v) is 6.61. The van der Waals surface area contributed by atoms with Gasteiger partial charge in [0.25, 0.3) is 0 Å². The second-order valence-electron chi connectivity index (χ2n) is 5.99. The number of aryl methyl sites for hydroxylation is 2. The largest absolute Gasteiger partial charge is 0.369 e. The van der Waals surface area contributed by atoms with Crippen LogP contribution in [0.15, 0.2) is 48.5 Å². The van der Waals surface area contributed by atoms with Gasteiger partial charge in [-0.05, 0) is 94.1 Å². The van der Waals surface area contributed by atoms with E-state index in [2.05, 4.69) is 45.2 Å². The molecule has 0 aliphatic heterocycles. The fourth-order valence-electron chi connectivity index (χ4n) is 2.84. The Hall–Kier alpha value is -1.16. The highest BCUT2D eigenvalue weighted by atomic mass is 127. The minimum atomic E-state index is -1.34. The van der Waals surface area contributed by atoms with Crippen LogP contribution < -0.4 is 11.5 Å². The Labute approximate surface area is 175 Å². The lowest BCUT2D eigenvalue weighted by atomic mass is 9.76. The second-order valence-corrected chi connectivity index (χ2v) is 8.32. The molecule has 6 heteroatoms. The number of halogens is 2. The summed E-state index contributed by atoms with van der Waals surface area (Å²) in [4.78, 5) is 24.4. The predicted molar refractivity (Wildman–Crippen MR) is 116 cm³/mol. The monoisotopic (exact) mass is 562 g/mol. The van der Waals surface area contributed by atoms with E-state index in [4.69, 9.17) is 11.5 Å². The van der Waals surface area contributed by atoms with Crippen LogP contribution >= 0.6 is 45.2 Å². The SMILES string of the molecule is NC(=O)C(CCc1ccccc1I)(CCc1ccccc1I)C(N)=O. The lowest BCUT2D eigenvalue weighted by molar-refractivity contribution is -0.140. The zero-order valence-corrected chi connectivity index (χ0v) is 18.0. The lowest BCUT2D eigenvalue weighted by Crippen LogP contribution is -2.48. The summed E-state index contributed by atoms with van der Waals surface area (Å²) < 4.78 is 2.20. The van der Waals surface area contributed by atoms with E-state index in [1.165, 1.54) is 0 Å². The normalized spacial score (nSPS) is 11.3. The third kappa shape index (κ3) is 4.93. The number of primary amides is 2. The smallest absolute Gasteiger partial charge is 0.233 e. The van der Waals surface area contributed by atoms with Crippen LogP contribution in [0.2, 0.25) is 0 Å². The minimum absolute atomic E-state index is 0.321. The highest BCUT2D eigenvalue weighted by Crippen LogP contribution is 2.31. The van der Waals surface area contributed by atoms with E-state index in [-0.39, 0.29) is 0 Å². The van der Waals surface area contributed by atoms with Crippen molar-refractivity contribution in [1.82, 2.24) is 0 Å². The van der Waals surface area contributed by atoms with Crippen LogP contribution in [0.1, 0.15) is 24.0 Å². The number of hydrogen-bond acceptors (Lipinski definition) is 2. The van der Waals surface area contributed by atoms with Crippen molar-refractivity contribution in [2.24, 2.45) is 16.9 Å². The van der Waals surface area contributed by atoms with E-state index >= 15 is 0 Å². The van der Waals surface area contributed by atoms with Crippen LogP contribution in [0.3, 0.4) is 0 Å². The molecule has 2 aromatic rings. The summed E-state index contributed by atoms with van der Waals surface area (Å²) >= 11 is 4.50. The van der Waals surface area contributed by atoms with E-state index < -0.39 is 17.2 Å². The molecule has 0 unspecified atom stereocenters. The molecule has 0 atom stereocenters. The molecular formula is C19H20I2N2O2. The van der Waals surface area contributed by atoms with Gasteiger partial charge in [0, 0.05) is 7.14 Å². The summed E-state index contributed by atoms with van der Waals surface area (Å²) in [5, 5.41) is 0. The Kier molecular flexibility index (Phi) is 7.24. The van der Waals surface area contributed by atoms with Gasteiger partial charge in [0.2, 0.25) is 11.8 Å². The van der Waals surface area contributed by atoms with Crippen molar-refractivity contribution in [2.75, 3.05) is 0 Å². The minimum Gasteiger partial charge on any atom is -0.369 e. The Morgan fingerprint density at radius 2 is 1.12 bits per heavy atom. The summed E-state index contributed by atoms with van der Waals surface area (Å²) in [5.41, 5.74) is 12.1. The van der Waals surface area contributed by atoms with Crippen molar-refractivity contribution in [3.63, 3.8) is 0 Å². The molecule has 4 N–H and O–H groups in total. The molecule has 0 radical (unpaired) electrons. The first-order valence-corrected chi connectivity index (χ1v) is 10.1. The first kappa shape index (κ1) is 20.2. The van der Waals surface area contributed by atoms with Crippen molar-refractivity contribution in [2.45, 2.75) is 25.7 Å². The molecule has 2 rings (SSSR count). The lowest BCUT2D eigenvalue weighted by Gasteiger charge is -2.27. The van der Waals surface area contributed by atoms with Gasteiger partial charge in [-0.2, -0.15) is 0 Å². The fraction of sp³-hybridized carbons (Fsp3) is 0.263. The molecule has 0 fully saturated rings. The number of nitrogens with two attached hydrogens (primary N) is 2. The summed E-state index contributed by atoms with van der Waals surface area (Å²) in [6.45, 7) is 0. The van der Waals surface area contributed by atoms with Gasteiger partial charge in [0.15, 0.2) is 0 Å². The maximum Gasteiger partial charge on any atom is 0.233 e. The second kappa shape index (κ2) is 8.98. The maximum atomic E-state index is 12.2. The molecule has 0 spiro atoms. The molecule has 0 aliphatic carbocycles. The molecule has 0 bridgehead atoms. The van der Waals surface area contributed by atoms with Gasteiger partial charge >= 0.3 is 0 Å². The van der Waals surface area contributed by atoms with Gasteiger partial charge in [0.1, 0.15) is 5.41 Å². The molecule has 0 aliphatic rings. The molecule has 0 saturated carbocycles. The van der Waals surface area contributed by atoms with Crippen molar-refractivity contribution in [3.05, 3.63) is 66.8 Å². The Morgan fingerprint density at radius 3 is 1.44 bits per heavy atom. The Bertz CT molecular complexity index is 712. The van der Waals surface area contributed by atoms with Crippen LogP contribution in [-0.4, -0.2) is 11.8 Å². The van der Waals surface area contributed by atoms with E-state index in [9.17, 15) is 9.59 Å². The first-order valence-electron chi connectivity index (χ1n) is 7.93. The summed E-state index contributed by atoms with van der Waals surface area (Å²) in [5.74, 6) is -1.28. The molecular weight excluding hydrogens is 542 g/mol. The van der Waals surface area contributed by atoms with Crippen molar-refractivity contribution in [3.8, 4) is 0 Å². The first-order chi connectivity index (χ1) is 11.9. The van der Waals surface area contributed by atoms with Crippen LogP contribution in [0.25, 0.3) is 0 Å². The highest BCUT2D eigenvalue weighted by molar-refractivity contribution is 14.1. The van der Waals surface area contributed by atoms with E-state index in [1.54, 1.807) is 0 Å². The molecule has 0 saturated heterocycles. The van der Waals surface area contributed by atoms with Gasteiger partial charge in [-0.25, -0.2) is 0 Å². The highest BCUT2D eigenvalue weighted by Gasteiger charge is 2.42. The summed E-state index contributed by atoms with van der Waals surface area (Å²) in [6, 6.07) is 15.8. The van der Waals surface area contributed by atoms with Crippen LogP contribution in [-0.2, 0) is 22.4 Å². The van der Waals surface area contributed by atoms with Crippen molar-refractivity contribution >= 4 is 57.0 Å². The molecule has 25 heavy (non-hydrogen) atoms. The molecule has 0 aromatic heterocycles.